The highest BCUT2D eigenvalue weighted by Gasteiger charge is 2.15. The van der Waals surface area contributed by atoms with Gasteiger partial charge in [0, 0.05) is 0 Å². The van der Waals surface area contributed by atoms with E-state index in [4.69, 9.17) is 0 Å². The molecule has 0 aliphatic heterocycles. The third kappa shape index (κ3) is 2.91. The summed E-state index contributed by atoms with van der Waals surface area (Å²) >= 11 is 0. The highest BCUT2D eigenvalue weighted by molar-refractivity contribution is 6.10. The van der Waals surface area contributed by atoms with Gasteiger partial charge in [0.2, 0.25) is 0 Å². The van der Waals surface area contributed by atoms with Crippen molar-refractivity contribution in [2.24, 2.45) is 0 Å². The van der Waals surface area contributed by atoms with E-state index in [0.717, 1.165) is 12.8 Å². The molecule has 0 saturated heterocycles. The minimum absolute atomic E-state index is 0.926. The van der Waals surface area contributed by atoms with E-state index in [1.54, 1.807) is 0 Å². The van der Waals surface area contributed by atoms with Gasteiger partial charge in [0.15, 0.2) is 0 Å². The lowest BCUT2D eigenvalue weighted by molar-refractivity contribution is 1.17. The average molecular weight is 411 g/mol. The molecule has 0 aromatic heterocycles. The first-order valence-electron chi connectivity index (χ1n) is 11.6. The van der Waals surface area contributed by atoms with Gasteiger partial charge in [0.1, 0.15) is 0 Å². The van der Waals surface area contributed by atoms with E-state index in [9.17, 15) is 0 Å². The van der Waals surface area contributed by atoms with Crippen molar-refractivity contribution >= 4 is 43.1 Å². The molecule has 0 N–H and O–H groups in total. The summed E-state index contributed by atoms with van der Waals surface area (Å²) in [4.78, 5) is 0. The van der Waals surface area contributed by atoms with Gasteiger partial charge in [0.05, 0.1) is 0 Å². The molecule has 0 unspecified atom stereocenters. The Labute approximate surface area is 189 Å². The van der Waals surface area contributed by atoms with Crippen molar-refractivity contribution in [1.82, 2.24) is 0 Å². The van der Waals surface area contributed by atoms with Crippen molar-refractivity contribution in [1.29, 1.82) is 0 Å². The van der Waals surface area contributed by atoms with Crippen LogP contribution in [0, 0.1) is 6.92 Å². The first kappa shape index (κ1) is 19.1. The Hall–Kier alpha value is -3.64. The van der Waals surface area contributed by atoms with Crippen molar-refractivity contribution in [3.8, 4) is 0 Å². The molecule has 0 aliphatic carbocycles. The van der Waals surface area contributed by atoms with E-state index in [1.807, 2.05) is 0 Å². The number of fused-ring (bicyclic) bond motifs is 5. The van der Waals surface area contributed by atoms with Gasteiger partial charge in [-0.05, 0) is 79.5 Å². The van der Waals surface area contributed by atoms with Gasteiger partial charge in [-0.25, -0.2) is 0 Å². The number of benzene rings is 6. The number of hydrogen-bond donors (Lipinski definition) is 0. The first-order chi connectivity index (χ1) is 15.7. The summed E-state index contributed by atoms with van der Waals surface area (Å²) in [6, 6.07) is 36.1. The fraction of sp³-hybridized carbons (Fsp3) is 0.125. The molecule has 0 fully saturated rings. The zero-order chi connectivity index (χ0) is 21.7. The summed E-state index contributed by atoms with van der Waals surface area (Å²) in [5.41, 5.74) is 5.60. The fourth-order valence-electron chi connectivity index (χ4n) is 5.51. The molecule has 0 heteroatoms. The lowest BCUT2D eigenvalue weighted by atomic mass is 9.86. The van der Waals surface area contributed by atoms with Crippen LogP contribution < -0.4 is 0 Å². The van der Waals surface area contributed by atoms with Crippen LogP contribution in [0.3, 0.4) is 0 Å². The van der Waals surface area contributed by atoms with Crippen LogP contribution in [0.5, 0.6) is 0 Å². The molecule has 154 valence electrons. The molecular weight excluding hydrogens is 384 g/mol. The molecule has 0 bridgehead atoms. The van der Waals surface area contributed by atoms with Gasteiger partial charge < -0.3 is 0 Å². The van der Waals surface area contributed by atoms with E-state index in [-0.39, 0.29) is 0 Å². The van der Waals surface area contributed by atoms with E-state index in [1.165, 1.54) is 65.3 Å². The molecule has 0 amide bonds. The SMILES string of the molecule is CCc1c2ccccc2c(Cc2cc3ccc(C)cc3c3ccccc23)c2ccccc12. The van der Waals surface area contributed by atoms with Crippen LogP contribution in [-0.2, 0) is 12.8 Å². The van der Waals surface area contributed by atoms with E-state index >= 15 is 0 Å². The zero-order valence-corrected chi connectivity index (χ0v) is 18.7. The Morgan fingerprint density at radius 2 is 1.03 bits per heavy atom. The summed E-state index contributed by atoms with van der Waals surface area (Å²) in [7, 11) is 0. The predicted molar refractivity (Wildman–Crippen MR) is 140 cm³/mol. The molecule has 0 nitrogen and oxygen atoms in total. The molecule has 0 atom stereocenters. The zero-order valence-electron chi connectivity index (χ0n) is 18.7. The molecule has 32 heavy (non-hydrogen) atoms. The van der Waals surface area contributed by atoms with Crippen LogP contribution in [0.4, 0.5) is 0 Å². The quantitative estimate of drug-likeness (QED) is 0.202. The molecule has 0 radical (unpaired) electrons. The molecular formula is C32H26. The smallest absolute Gasteiger partial charge is 0.000706 e. The molecule has 0 heterocycles. The summed E-state index contributed by atoms with van der Waals surface area (Å²) < 4.78 is 0. The highest BCUT2D eigenvalue weighted by atomic mass is 14.2. The van der Waals surface area contributed by atoms with Crippen LogP contribution in [0.25, 0.3) is 43.1 Å². The summed E-state index contributed by atoms with van der Waals surface area (Å²) in [6.07, 6.45) is 1.97. The second-order valence-corrected chi connectivity index (χ2v) is 8.88. The molecule has 0 spiro atoms. The topological polar surface area (TPSA) is 0 Å². The maximum Gasteiger partial charge on any atom is -0.000706 e. The Balaban J connectivity index is 1.69. The number of aryl methyl sites for hydroxylation is 2. The average Bonchev–Trinajstić information content (AvgIpc) is 2.84. The highest BCUT2D eigenvalue weighted by Crippen LogP contribution is 2.37. The Morgan fingerprint density at radius 1 is 0.500 bits per heavy atom. The standard InChI is InChI=1S/C32H26/c1-3-24-26-11-6-8-14-29(26)32(30-15-9-7-12-27(24)30)20-23-19-22-17-16-21(2)18-31(22)28-13-5-4-10-25(23)28/h4-19H,3,20H2,1-2H3. The number of rotatable bonds is 3. The van der Waals surface area contributed by atoms with Crippen molar-refractivity contribution in [3.63, 3.8) is 0 Å². The lowest BCUT2D eigenvalue weighted by Crippen LogP contribution is -1.97. The largest absolute Gasteiger partial charge is 0.0616 e. The molecule has 6 rings (SSSR count). The molecule has 6 aromatic carbocycles. The fourth-order valence-corrected chi connectivity index (χ4v) is 5.51. The minimum Gasteiger partial charge on any atom is -0.0616 e. The maximum atomic E-state index is 2.41. The normalized spacial score (nSPS) is 11.7. The second kappa shape index (κ2) is 7.50. The van der Waals surface area contributed by atoms with Gasteiger partial charge in [0.25, 0.3) is 0 Å². The van der Waals surface area contributed by atoms with Crippen molar-refractivity contribution < 1.29 is 0 Å². The number of hydrogen-bond acceptors (Lipinski definition) is 0. The van der Waals surface area contributed by atoms with Gasteiger partial charge in [-0.15, -0.1) is 0 Å². The first-order valence-corrected chi connectivity index (χ1v) is 11.6. The van der Waals surface area contributed by atoms with Crippen LogP contribution in [0.1, 0.15) is 29.2 Å². The summed E-state index contributed by atoms with van der Waals surface area (Å²) in [6.45, 7) is 4.45. The maximum absolute atomic E-state index is 2.41. The van der Waals surface area contributed by atoms with Gasteiger partial charge in [-0.1, -0.05) is 110 Å². The van der Waals surface area contributed by atoms with Crippen molar-refractivity contribution in [2.45, 2.75) is 26.7 Å². The van der Waals surface area contributed by atoms with Gasteiger partial charge >= 0.3 is 0 Å². The molecule has 0 saturated carbocycles. The molecule has 6 aromatic rings. The van der Waals surface area contributed by atoms with Crippen LogP contribution >= 0.6 is 0 Å². The summed E-state index contributed by atoms with van der Waals surface area (Å²) in [5.74, 6) is 0. The predicted octanol–water partition coefficient (Wildman–Crippen LogP) is 8.76. The Morgan fingerprint density at radius 3 is 1.62 bits per heavy atom. The van der Waals surface area contributed by atoms with Gasteiger partial charge in [-0.2, -0.15) is 0 Å². The van der Waals surface area contributed by atoms with Gasteiger partial charge in [-0.3, -0.25) is 0 Å². The van der Waals surface area contributed by atoms with Crippen molar-refractivity contribution in [2.75, 3.05) is 0 Å². The lowest BCUT2D eigenvalue weighted by Gasteiger charge is -2.18. The van der Waals surface area contributed by atoms with E-state index in [2.05, 4.69) is 111 Å². The van der Waals surface area contributed by atoms with E-state index in [0.29, 0.717) is 0 Å². The van der Waals surface area contributed by atoms with Crippen molar-refractivity contribution in [3.05, 3.63) is 119 Å². The van der Waals surface area contributed by atoms with Crippen LogP contribution in [-0.4, -0.2) is 0 Å². The van der Waals surface area contributed by atoms with Crippen LogP contribution in [0.15, 0.2) is 97.1 Å². The second-order valence-electron chi connectivity index (χ2n) is 8.88. The Kier molecular flexibility index (Phi) is 4.47. The minimum atomic E-state index is 0.926. The Bertz CT molecular complexity index is 1580. The summed E-state index contributed by atoms with van der Waals surface area (Å²) in [5, 5.41) is 10.9. The molecule has 0 aliphatic rings. The van der Waals surface area contributed by atoms with Crippen LogP contribution in [0.2, 0.25) is 0 Å². The monoisotopic (exact) mass is 410 g/mol. The third-order valence-electron chi connectivity index (χ3n) is 6.98. The van der Waals surface area contributed by atoms with E-state index < -0.39 is 0 Å². The third-order valence-corrected chi connectivity index (χ3v) is 6.98.